The molecule has 14 heteroatoms. The molecule has 2 N–H and O–H groups in total. The van der Waals surface area contributed by atoms with Gasteiger partial charge in [-0.15, -0.1) is 5.10 Å². The number of hydrogen-bond donors (Lipinski definition) is 2. The van der Waals surface area contributed by atoms with Gasteiger partial charge in [0.15, 0.2) is 0 Å². The molecule has 0 atom stereocenters. The molecule has 3 aromatic rings. The average molecular weight is 417 g/mol. The lowest BCUT2D eigenvalue weighted by molar-refractivity contribution is -0.385. The zero-order valence-corrected chi connectivity index (χ0v) is 16.4. The van der Waals surface area contributed by atoms with Gasteiger partial charge >= 0.3 is 11.6 Å². The number of amides is 2. The highest BCUT2D eigenvalue weighted by molar-refractivity contribution is 6.02. The highest BCUT2D eigenvalue weighted by Crippen LogP contribution is 2.24. The smallest absolute Gasteiger partial charge is 0.350 e. The maximum Gasteiger partial charge on any atom is 0.350 e. The van der Waals surface area contributed by atoms with Gasteiger partial charge in [-0.05, 0) is 0 Å². The van der Waals surface area contributed by atoms with Gasteiger partial charge in [0.25, 0.3) is 5.91 Å². The lowest BCUT2D eigenvalue weighted by Gasteiger charge is -2.08. The number of ether oxygens (including phenoxy) is 1. The number of carbonyl (C=O) groups excluding carboxylic acids is 2. The van der Waals surface area contributed by atoms with Gasteiger partial charge in [-0.2, -0.15) is 10.2 Å². The molecule has 0 saturated carbocycles. The quantitative estimate of drug-likeness (QED) is 0.377. The van der Waals surface area contributed by atoms with Gasteiger partial charge in [0.05, 0.1) is 30.1 Å². The largest absolute Gasteiger partial charge is 0.475 e. The SMILES string of the molecule is COc1nn(CC(=O)Nc2cnn(C)c2C(=O)NCc2cnn(C)c2)cc1[N+](=O)[O-]. The summed E-state index contributed by atoms with van der Waals surface area (Å²) in [6.07, 6.45) is 5.82. The zero-order valence-electron chi connectivity index (χ0n) is 16.4. The number of aryl methyl sites for hydroxylation is 2. The number of nitrogens with one attached hydrogen (secondary N) is 2. The highest BCUT2D eigenvalue weighted by Gasteiger charge is 2.22. The van der Waals surface area contributed by atoms with Crippen LogP contribution in [0.3, 0.4) is 0 Å². The summed E-state index contributed by atoms with van der Waals surface area (Å²) in [6.45, 7) is -0.0716. The molecule has 0 bridgehead atoms. The molecule has 3 rings (SSSR count). The third-order valence-electron chi connectivity index (χ3n) is 4.04. The summed E-state index contributed by atoms with van der Waals surface area (Å²) in [7, 11) is 4.58. The van der Waals surface area contributed by atoms with E-state index in [1.807, 2.05) is 0 Å². The van der Waals surface area contributed by atoms with Gasteiger partial charge in [0.1, 0.15) is 18.4 Å². The van der Waals surface area contributed by atoms with E-state index in [2.05, 4.69) is 25.9 Å². The highest BCUT2D eigenvalue weighted by atomic mass is 16.6. The number of hydrogen-bond acceptors (Lipinski definition) is 8. The third kappa shape index (κ3) is 4.43. The predicted octanol–water partition coefficient (Wildman–Crippen LogP) is -0.164. The van der Waals surface area contributed by atoms with Crippen LogP contribution in [0.15, 0.2) is 24.8 Å². The first-order chi connectivity index (χ1) is 14.3. The number of methoxy groups -OCH3 is 1. The maximum absolute atomic E-state index is 12.6. The van der Waals surface area contributed by atoms with E-state index in [0.29, 0.717) is 0 Å². The van der Waals surface area contributed by atoms with Crippen molar-refractivity contribution >= 4 is 23.2 Å². The molecule has 0 aliphatic carbocycles. The topological polar surface area (TPSA) is 164 Å². The first-order valence-corrected chi connectivity index (χ1v) is 8.62. The molecule has 0 spiro atoms. The monoisotopic (exact) mass is 417 g/mol. The Bertz CT molecular complexity index is 1100. The van der Waals surface area contributed by atoms with Crippen LogP contribution in [-0.4, -0.2) is 53.2 Å². The second-order valence-corrected chi connectivity index (χ2v) is 6.26. The van der Waals surface area contributed by atoms with Crippen molar-refractivity contribution in [2.75, 3.05) is 12.4 Å². The summed E-state index contributed by atoms with van der Waals surface area (Å²) in [5.41, 5.74) is 0.797. The molecule has 0 saturated heterocycles. The average Bonchev–Trinajstić information content (AvgIpc) is 3.38. The normalized spacial score (nSPS) is 10.6. The van der Waals surface area contributed by atoms with Gasteiger partial charge in [-0.1, -0.05) is 0 Å². The number of aromatic nitrogens is 6. The number of rotatable bonds is 8. The van der Waals surface area contributed by atoms with Crippen LogP contribution in [-0.2, 0) is 32.0 Å². The molecule has 30 heavy (non-hydrogen) atoms. The second-order valence-electron chi connectivity index (χ2n) is 6.26. The zero-order chi connectivity index (χ0) is 21.8. The summed E-state index contributed by atoms with van der Waals surface area (Å²) in [5, 5.41) is 28.1. The molecule has 0 radical (unpaired) electrons. The first kappa shape index (κ1) is 20.5. The van der Waals surface area contributed by atoms with Crippen LogP contribution in [0, 0.1) is 10.1 Å². The van der Waals surface area contributed by atoms with E-state index >= 15 is 0 Å². The molecule has 0 fully saturated rings. The van der Waals surface area contributed by atoms with E-state index in [9.17, 15) is 19.7 Å². The van der Waals surface area contributed by atoms with Crippen LogP contribution in [0.25, 0.3) is 0 Å². The molecule has 3 heterocycles. The van der Waals surface area contributed by atoms with Crippen LogP contribution >= 0.6 is 0 Å². The van der Waals surface area contributed by atoms with E-state index in [0.717, 1.165) is 16.4 Å². The van der Waals surface area contributed by atoms with Crippen molar-refractivity contribution in [3.8, 4) is 5.88 Å². The Morgan fingerprint density at radius 2 is 2.00 bits per heavy atom. The van der Waals surface area contributed by atoms with Crippen molar-refractivity contribution < 1.29 is 19.2 Å². The van der Waals surface area contributed by atoms with Crippen LogP contribution in [0.5, 0.6) is 5.88 Å². The fourth-order valence-electron chi connectivity index (χ4n) is 2.71. The molecule has 3 aromatic heterocycles. The molecule has 0 aliphatic rings. The minimum atomic E-state index is -0.661. The van der Waals surface area contributed by atoms with Crippen LogP contribution in [0.2, 0.25) is 0 Å². The summed E-state index contributed by atoms with van der Waals surface area (Å²) >= 11 is 0. The maximum atomic E-state index is 12.6. The standard InChI is InChI=1S/C16H19N9O5/c1-22-7-10(5-18-22)4-17-15(27)14-11(6-19-23(14)2)20-13(26)9-24-8-12(25(28)29)16(21-24)30-3/h5-8H,4,9H2,1-3H3,(H,17,27)(H,20,26). The van der Waals surface area contributed by atoms with Gasteiger partial charge in [-0.3, -0.25) is 33.7 Å². The fraction of sp³-hybridized carbons (Fsp3) is 0.312. The van der Waals surface area contributed by atoms with Crippen molar-refractivity contribution in [3.05, 3.63) is 46.2 Å². The van der Waals surface area contributed by atoms with Crippen molar-refractivity contribution in [3.63, 3.8) is 0 Å². The van der Waals surface area contributed by atoms with E-state index in [1.54, 1.807) is 31.2 Å². The Morgan fingerprint density at radius 1 is 1.23 bits per heavy atom. The Morgan fingerprint density at radius 3 is 2.60 bits per heavy atom. The lowest BCUT2D eigenvalue weighted by atomic mass is 10.3. The van der Waals surface area contributed by atoms with Gasteiger partial charge < -0.3 is 15.4 Å². The number of anilines is 1. The van der Waals surface area contributed by atoms with E-state index in [4.69, 9.17) is 4.74 Å². The molecule has 0 aliphatic heterocycles. The lowest BCUT2D eigenvalue weighted by Crippen LogP contribution is -2.27. The third-order valence-corrected chi connectivity index (χ3v) is 4.04. The molecule has 14 nitrogen and oxygen atoms in total. The Kier molecular flexibility index (Phi) is 5.75. The van der Waals surface area contributed by atoms with Gasteiger partial charge in [-0.25, -0.2) is 0 Å². The van der Waals surface area contributed by atoms with Crippen LogP contribution < -0.4 is 15.4 Å². The summed E-state index contributed by atoms with van der Waals surface area (Å²) < 4.78 is 8.85. The summed E-state index contributed by atoms with van der Waals surface area (Å²) in [4.78, 5) is 35.2. The van der Waals surface area contributed by atoms with Gasteiger partial charge in [0, 0.05) is 32.4 Å². The van der Waals surface area contributed by atoms with E-state index in [-0.39, 0.29) is 36.0 Å². The minimum absolute atomic E-state index is 0.149. The summed E-state index contributed by atoms with van der Waals surface area (Å²) in [5.74, 6) is -1.19. The van der Waals surface area contributed by atoms with E-state index in [1.165, 1.54) is 18.0 Å². The number of nitro groups is 1. The van der Waals surface area contributed by atoms with Crippen molar-refractivity contribution in [2.24, 2.45) is 14.1 Å². The second kappa shape index (κ2) is 8.42. The Balaban J connectivity index is 1.67. The minimum Gasteiger partial charge on any atom is -0.475 e. The molecular formula is C16H19N9O5. The molecule has 0 aromatic carbocycles. The molecule has 2 amide bonds. The molecule has 158 valence electrons. The molecular weight excluding hydrogens is 398 g/mol. The Labute approximate surface area is 169 Å². The van der Waals surface area contributed by atoms with E-state index < -0.39 is 16.7 Å². The van der Waals surface area contributed by atoms with Crippen LogP contribution in [0.4, 0.5) is 11.4 Å². The predicted molar refractivity (Wildman–Crippen MR) is 102 cm³/mol. The molecule has 0 unspecified atom stereocenters. The number of carbonyl (C=O) groups is 2. The van der Waals surface area contributed by atoms with Gasteiger partial charge in [0.2, 0.25) is 5.91 Å². The van der Waals surface area contributed by atoms with Crippen molar-refractivity contribution in [1.82, 2.24) is 34.7 Å². The first-order valence-electron chi connectivity index (χ1n) is 8.62. The summed E-state index contributed by atoms with van der Waals surface area (Å²) in [6, 6.07) is 0. The number of nitrogens with zero attached hydrogens (tertiary/aromatic N) is 7. The van der Waals surface area contributed by atoms with Crippen LogP contribution in [0.1, 0.15) is 16.1 Å². The Hall–Kier alpha value is -4.23. The van der Waals surface area contributed by atoms with Crippen molar-refractivity contribution in [2.45, 2.75) is 13.1 Å². The fourth-order valence-corrected chi connectivity index (χ4v) is 2.71. The van der Waals surface area contributed by atoms with Crippen molar-refractivity contribution in [1.29, 1.82) is 0 Å².